The Kier molecular flexibility index (Phi) is 5.30. The van der Waals surface area contributed by atoms with Crippen molar-refractivity contribution in [3.05, 3.63) is 73.9 Å². The van der Waals surface area contributed by atoms with Crippen molar-refractivity contribution in [1.29, 1.82) is 0 Å². The third kappa shape index (κ3) is 3.71. The lowest BCUT2D eigenvalue weighted by atomic mass is 10.1. The number of piperazine rings is 1. The lowest BCUT2D eigenvalue weighted by Crippen LogP contribution is -2.48. The van der Waals surface area contributed by atoms with Gasteiger partial charge in [0.2, 0.25) is 0 Å². The monoisotopic (exact) mass is 434 g/mol. The SMILES string of the molecule is CCn1c(=O)[nH]c2cc(C(=O)N3CCN(Cc4ccc5c(c4)CCO5)CC3)ccc2c1=O. The van der Waals surface area contributed by atoms with Crippen LogP contribution >= 0.6 is 0 Å². The lowest BCUT2D eigenvalue weighted by molar-refractivity contribution is 0.0628. The summed E-state index contributed by atoms with van der Waals surface area (Å²) in [5, 5.41) is 0.410. The first kappa shape index (κ1) is 20.5. The third-order valence-electron chi connectivity index (χ3n) is 6.36. The minimum absolute atomic E-state index is 0.0817. The van der Waals surface area contributed by atoms with E-state index in [1.54, 1.807) is 25.1 Å². The predicted molar refractivity (Wildman–Crippen MR) is 121 cm³/mol. The van der Waals surface area contributed by atoms with Gasteiger partial charge in [-0.3, -0.25) is 19.1 Å². The van der Waals surface area contributed by atoms with Gasteiger partial charge in [0.15, 0.2) is 0 Å². The summed E-state index contributed by atoms with van der Waals surface area (Å²) in [4.78, 5) is 44.5. The first-order valence-corrected chi connectivity index (χ1v) is 11.1. The number of amides is 1. The molecule has 0 radical (unpaired) electrons. The van der Waals surface area contributed by atoms with Gasteiger partial charge in [-0.05, 0) is 42.3 Å². The second-order valence-corrected chi connectivity index (χ2v) is 8.35. The van der Waals surface area contributed by atoms with Gasteiger partial charge in [0, 0.05) is 51.3 Å². The third-order valence-corrected chi connectivity index (χ3v) is 6.36. The van der Waals surface area contributed by atoms with Crippen LogP contribution in [0.4, 0.5) is 0 Å². The molecule has 1 amide bonds. The quantitative estimate of drug-likeness (QED) is 0.674. The Bertz CT molecular complexity index is 1300. The summed E-state index contributed by atoms with van der Waals surface area (Å²) in [6, 6.07) is 11.3. The normalized spacial score (nSPS) is 16.2. The Balaban J connectivity index is 1.26. The second-order valence-electron chi connectivity index (χ2n) is 8.35. The Labute approximate surface area is 185 Å². The van der Waals surface area contributed by atoms with Gasteiger partial charge < -0.3 is 14.6 Å². The molecule has 1 N–H and O–H groups in total. The van der Waals surface area contributed by atoms with Gasteiger partial charge in [-0.15, -0.1) is 0 Å². The fourth-order valence-corrected chi connectivity index (χ4v) is 4.56. The first-order valence-electron chi connectivity index (χ1n) is 11.1. The zero-order chi connectivity index (χ0) is 22.2. The average Bonchev–Trinajstić information content (AvgIpc) is 3.27. The second kappa shape index (κ2) is 8.27. The number of hydrogen-bond acceptors (Lipinski definition) is 5. The molecular weight excluding hydrogens is 408 g/mol. The molecule has 1 fully saturated rings. The fraction of sp³-hybridized carbons (Fsp3) is 0.375. The van der Waals surface area contributed by atoms with Gasteiger partial charge in [0.1, 0.15) is 5.75 Å². The van der Waals surface area contributed by atoms with E-state index in [4.69, 9.17) is 4.74 Å². The van der Waals surface area contributed by atoms with Gasteiger partial charge >= 0.3 is 5.69 Å². The molecule has 8 heteroatoms. The van der Waals surface area contributed by atoms with Crippen molar-refractivity contribution < 1.29 is 9.53 Å². The number of nitrogens with one attached hydrogen (secondary N) is 1. The van der Waals surface area contributed by atoms with Crippen LogP contribution in [0.3, 0.4) is 0 Å². The maximum atomic E-state index is 13.0. The molecule has 2 aliphatic heterocycles. The van der Waals surface area contributed by atoms with Crippen molar-refractivity contribution in [3.8, 4) is 5.75 Å². The van der Waals surface area contributed by atoms with E-state index in [0.717, 1.165) is 43.0 Å². The molecule has 3 aromatic rings. The van der Waals surface area contributed by atoms with Gasteiger partial charge in [0.05, 0.1) is 17.5 Å². The molecule has 1 saturated heterocycles. The highest BCUT2D eigenvalue weighted by molar-refractivity contribution is 5.97. The van der Waals surface area contributed by atoms with E-state index in [1.807, 2.05) is 4.90 Å². The predicted octanol–water partition coefficient (Wildman–Crippen LogP) is 1.60. The molecule has 0 bridgehead atoms. The molecule has 3 heterocycles. The molecular formula is C24H26N4O4. The van der Waals surface area contributed by atoms with Crippen molar-refractivity contribution in [2.24, 2.45) is 0 Å². The molecule has 5 rings (SSSR count). The van der Waals surface area contributed by atoms with Gasteiger partial charge in [0.25, 0.3) is 11.5 Å². The van der Waals surface area contributed by atoms with Crippen molar-refractivity contribution in [2.75, 3.05) is 32.8 Å². The van der Waals surface area contributed by atoms with E-state index in [0.29, 0.717) is 36.1 Å². The number of fused-ring (bicyclic) bond motifs is 2. The number of hydrogen-bond donors (Lipinski definition) is 1. The summed E-state index contributed by atoms with van der Waals surface area (Å²) in [5.41, 5.74) is 2.63. The van der Waals surface area contributed by atoms with Crippen LogP contribution in [0.2, 0.25) is 0 Å². The molecule has 0 atom stereocenters. The van der Waals surface area contributed by atoms with E-state index in [2.05, 4.69) is 28.1 Å². The summed E-state index contributed by atoms with van der Waals surface area (Å²) < 4.78 is 6.73. The van der Waals surface area contributed by atoms with Crippen LogP contribution in [0.5, 0.6) is 5.75 Å². The fourth-order valence-electron chi connectivity index (χ4n) is 4.56. The number of rotatable bonds is 4. The summed E-state index contributed by atoms with van der Waals surface area (Å²) in [6.45, 7) is 6.54. The van der Waals surface area contributed by atoms with Crippen molar-refractivity contribution in [1.82, 2.24) is 19.4 Å². The minimum Gasteiger partial charge on any atom is -0.493 e. The largest absolute Gasteiger partial charge is 0.493 e. The highest BCUT2D eigenvalue weighted by Gasteiger charge is 2.23. The van der Waals surface area contributed by atoms with Crippen LogP contribution in [0.1, 0.15) is 28.4 Å². The summed E-state index contributed by atoms with van der Waals surface area (Å²) in [7, 11) is 0. The molecule has 2 aromatic carbocycles. The van der Waals surface area contributed by atoms with Crippen LogP contribution in [-0.4, -0.2) is 58.0 Å². The van der Waals surface area contributed by atoms with E-state index < -0.39 is 5.69 Å². The van der Waals surface area contributed by atoms with Crippen molar-refractivity contribution in [3.63, 3.8) is 0 Å². The molecule has 166 valence electrons. The van der Waals surface area contributed by atoms with E-state index >= 15 is 0 Å². The molecule has 32 heavy (non-hydrogen) atoms. The summed E-state index contributed by atoms with van der Waals surface area (Å²) >= 11 is 0. The molecule has 0 spiro atoms. The molecule has 2 aliphatic rings. The van der Waals surface area contributed by atoms with Crippen LogP contribution in [-0.2, 0) is 19.5 Å². The van der Waals surface area contributed by atoms with Gasteiger partial charge in [-0.2, -0.15) is 0 Å². The number of ether oxygens (including phenoxy) is 1. The Hall–Kier alpha value is -3.39. The van der Waals surface area contributed by atoms with Gasteiger partial charge in [-0.25, -0.2) is 4.79 Å². The summed E-state index contributed by atoms with van der Waals surface area (Å²) in [6.07, 6.45) is 0.967. The smallest absolute Gasteiger partial charge is 0.328 e. The highest BCUT2D eigenvalue weighted by atomic mass is 16.5. The maximum Gasteiger partial charge on any atom is 0.328 e. The zero-order valence-electron chi connectivity index (χ0n) is 18.1. The number of aromatic nitrogens is 2. The summed E-state index contributed by atoms with van der Waals surface area (Å²) in [5.74, 6) is 0.913. The molecule has 1 aromatic heterocycles. The number of benzene rings is 2. The van der Waals surface area contributed by atoms with Crippen LogP contribution in [0.15, 0.2) is 46.0 Å². The van der Waals surface area contributed by atoms with E-state index in [1.165, 1.54) is 11.1 Å². The number of carbonyl (C=O) groups is 1. The van der Waals surface area contributed by atoms with Crippen molar-refractivity contribution >= 4 is 16.8 Å². The van der Waals surface area contributed by atoms with Crippen LogP contribution in [0.25, 0.3) is 10.9 Å². The Morgan fingerprint density at radius 3 is 2.66 bits per heavy atom. The number of H-pyrrole nitrogens is 1. The van der Waals surface area contributed by atoms with Crippen LogP contribution < -0.4 is 16.0 Å². The zero-order valence-corrected chi connectivity index (χ0v) is 18.1. The first-order chi connectivity index (χ1) is 15.5. The molecule has 0 unspecified atom stereocenters. The van der Waals surface area contributed by atoms with Gasteiger partial charge in [-0.1, -0.05) is 12.1 Å². The number of carbonyl (C=O) groups excluding carboxylic acids is 1. The Morgan fingerprint density at radius 1 is 1.06 bits per heavy atom. The molecule has 0 aliphatic carbocycles. The molecule has 8 nitrogen and oxygen atoms in total. The minimum atomic E-state index is -0.457. The highest BCUT2D eigenvalue weighted by Crippen LogP contribution is 2.26. The van der Waals surface area contributed by atoms with E-state index in [-0.39, 0.29) is 11.5 Å². The number of nitrogens with zero attached hydrogens (tertiary/aromatic N) is 3. The van der Waals surface area contributed by atoms with Crippen LogP contribution in [0, 0.1) is 0 Å². The number of aromatic amines is 1. The standard InChI is InChI=1S/C24H26N4O4/c1-2-28-23(30)19-5-4-18(14-20(19)25-24(28)31)22(29)27-10-8-26(9-11-27)15-16-3-6-21-17(13-16)7-12-32-21/h3-6,13-14H,2,7-12,15H2,1H3,(H,25,31). The van der Waals surface area contributed by atoms with E-state index in [9.17, 15) is 14.4 Å². The average molecular weight is 434 g/mol. The topological polar surface area (TPSA) is 87.6 Å². The van der Waals surface area contributed by atoms with Crippen molar-refractivity contribution in [2.45, 2.75) is 26.4 Å². The molecule has 0 saturated carbocycles. The Morgan fingerprint density at radius 2 is 1.88 bits per heavy atom. The lowest BCUT2D eigenvalue weighted by Gasteiger charge is -2.35. The maximum absolute atomic E-state index is 13.0.